The molecule has 23 heavy (non-hydrogen) atoms. The molecule has 1 aromatic heterocycles. The summed E-state index contributed by atoms with van der Waals surface area (Å²) < 4.78 is 0. The molecule has 0 unspecified atom stereocenters. The van der Waals surface area contributed by atoms with Crippen LogP contribution in [-0.4, -0.2) is 34.2 Å². The van der Waals surface area contributed by atoms with Gasteiger partial charge in [0.2, 0.25) is 0 Å². The predicted octanol–water partition coefficient (Wildman–Crippen LogP) is 3.50. The number of nitrogens with zero attached hydrogens (tertiary/aromatic N) is 3. The minimum absolute atomic E-state index is 0.0539. The lowest BCUT2D eigenvalue weighted by Gasteiger charge is -2.24. The molecule has 0 saturated carbocycles. The summed E-state index contributed by atoms with van der Waals surface area (Å²) in [7, 11) is 0. The van der Waals surface area contributed by atoms with Crippen molar-refractivity contribution in [3.05, 3.63) is 42.2 Å². The lowest BCUT2D eigenvalue weighted by Crippen LogP contribution is -2.33. The summed E-state index contributed by atoms with van der Waals surface area (Å²) in [6.45, 7) is 8.13. The molecule has 0 fully saturated rings. The summed E-state index contributed by atoms with van der Waals surface area (Å²) in [4.78, 5) is 23.8. The molecule has 5 nitrogen and oxygen atoms in total. The number of hydrogen-bond donors (Lipinski definition) is 1. The first-order chi connectivity index (χ1) is 11.0. The second-order valence-electron chi connectivity index (χ2n) is 6.31. The van der Waals surface area contributed by atoms with Gasteiger partial charge in [0.1, 0.15) is 11.5 Å². The average Bonchev–Trinajstić information content (AvgIpc) is 3.07. The van der Waals surface area contributed by atoms with E-state index in [2.05, 4.69) is 40.9 Å². The Morgan fingerprint density at radius 3 is 2.57 bits per heavy atom. The molecule has 1 aliphatic rings. The molecular formula is C18H22N4O. The van der Waals surface area contributed by atoms with E-state index in [0.29, 0.717) is 5.70 Å². The number of amides is 1. The quantitative estimate of drug-likeness (QED) is 0.879. The first kappa shape index (κ1) is 15.3. The van der Waals surface area contributed by atoms with E-state index >= 15 is 0 Å². The molecule has 0 atom stereocenters. The Morgan fingerprint density at radius 1 is 1.22 bits per heavy atom. The first-order valence-electron chi connectivity index (χ1n) is 7.92. The number of aromatic nitrogens is 1. The fraction of sp³-hybridized carbons (Fsp3) is 0.333. The fourth-order valence-electron chi connectivity index (χ4n) is 2.65. The number of anilines is 1. The van der Waals surface area contributed by atoms with Gasteiger partial charge in [-0.1, -0.05) is 18.2 Å². The van der Waals surface area contributed by atoms with Gasteiger partial charge in [-0.25, -0.2) is 4.99 Å². The maximum Gasteiger partial charge on any atom is 0.279 e. The third-order valence-electron chi connectivity index (χ3n) is 3.94. The Balaban J connectivity index is 1.95. The number of fused-ring (bicyclic) bond motifs is 1. The van der Waals surface area contributed by atoms with Crippen molar-refractivity contribution in [3.8, 4) is 0 Å². The highest BCUT2D eigenvalue weighted by atomic mass is 16.2. The number of nitrogens with one attached hydrogen (secondary N) is 1. The van der Waals surface area contributed by atoms with E-state index in [1.807, 2.05) is 38.2 Å². The largest absolute Gasteiger partial charge is 0.341 e. The molecule has 1 N–H and O–H groups in total. The number of hydrogen-bond acceptors (Lipinski definition) is 3. The molecule has 0 aliphatic carbocycles. The lowest BCUT2D eigenvalue weighted by molar-refractivity contribution is -0.123. The molecular weight excluding hydrogens is 288 g/mol. The lowest BCUT2D eigenvalue weighted by atomic mass is 10.2. The summed E-state index contributed by atoms with van der Waals surface area (Å²) in [5.74, 6) is 0.904. The van der Waals surface area contributed by atoms with Crippen molar-refractivity contribution in [1.82, 2.24) is 9.88 Å². The molecule has 5 heteroatoms. The maximum absolute atomic E-state index is 12.4. The summed E-state index contributed by atoms with van der Waals surface area (Å²) in [6, 6.07) is 10.5. The van der Waals surface area contributed by atoms with Gasteiger partial charge in [0.25, 0.3) is 5.91 Å². The zero-order chi connectivity index (χ0) is 16.6. The molecule has 1 amide bonds. The SMILES string of the molecule is CC(C)N1C=N/C(=C\N(c2cc3ccccc3[nH]2)C(C)C)C1=O. The van der Waals surface area contributed by atoms with E-state index < -0.39 is 0 Å². The number of carbonyl (C=O) groups is 1. The number of aromatic amines is 1. The molecule has 0 saturated heterocycles. The van der Waals surface area contributed by atoms with Crippen molar-refractivity contribution >= 4 is 29.0 Å². The zero-order valence-electron chi connectivity index (χ0n) is 13.9. The molecule has 0 bridgehead atoms. The van der Waals surface area contributed by atoms with Gasteiger partial charge >= 0.3 is 0 Å². The van der Waals surface area contributed by atoms with Crippen LogP contribution in [0.25, 0.3) is 10.9 Å². The van der Waals surface area contributed by atoms with Crippen LogP contribution in [0.4, 0.5) is 5.82 Å². The van der Waals surface area contributed by atoms with Crippen LogP contribution in [0.2, 0.25) is 0 Å². The smallest absolute Gasteiger partial charge is 0.279 e. The Bertz CT molecular complexity index is 752. The van der Waals surface area contributed by atoms with Gasteiger partial charge in [0.05, 0.1) is 6.34 Å². The highest BCUT2D eigenvalue weighted by Crippen LogP contribution is 2.25. The fourth-order valence-corrected chi connectivity index (χ4v) is 2.65. The van der Waals surface area contributed by atoms with Crippen LogP contribution >= 0.6 is 0 Å². The normalized spacial score (nSPS) is 16.5. The highest BCUT2D eigenvalue weighted by Gasteiger charge is 2.26. The van der Waals surface area contributed by atoms with Crippen LogP contribution in [0.5, 0.6) is 0 Å². The molecule has 0 radical (unpaired) electrons. The van der Waals surface area contributed by atoms with E-state index in [1.165, 1.54) is 0 Å². The van der Waals surface area contributed by atoms with Gasteiger partial charge in [-0.2, -0.15) is 0 Å². The minimum atomic E-state index is -0.0539. The van der Waals surface area contributed by atoms with Gasteiger partial charge in [-0.3, -0.25) is 9.69 Å². The van der Waals surface area contributed by atoms with Crippen LogP contribution in [0, 0.1) is 0 Å². The molecule has 3 rings (SSSR count). The number of benzene rings is 1. The second-order valence-corrected chi connectivity index (χ2v) is 6.31. The highest BCUT2D eigenvalue weighted by molar-refractivity contribution is 6.05. The maximum atomic E-state index is 12.4. The molecule has 0 spiro atoms. The number of para-hydroxylation sites is 1. The second kappa shape index (κ2) is 5.91. The minimum Gasteiger partial charge on any atom is -0.341 e. The van der Waals surface area contributed by atoms with Gasteiger partial charge < -0.3 is 9.88 Å². The van der Waals surface area contributed by atoms with Crippen LogP contribution in [-0.2, 0) is 4.79 Å². The van der Waals surface area contributed by atoms with Gasteiger partial charge in [0, 0.05) is 29.2 Å². The van der Waals surface area contributed by atoms with Crippen molar-refractivity contribution in [2.75, 3.05) is 4.90 Å². The number of H-pyrrole nitrogens is 1. The number of carbonyl (C=O) groups excluding carboxylic acids is 1. The van der Waals surface area contributed by atoms with Crippen LogP contribution < -0.4 is 4.90 Å². The molecule has 2 aromatic rings. The topological polar surface area (TPSA) is 51.7 Å². The molecule has 1 aliphatic heterocycles. The first-order valence-corrected chi connectivity index (χ1v) is 7.92. The van der Waals surface area contributed by atoms with Gasteiger partial charge in [-0.05, 0) is 39.8 Å². The zero-order valence-corrected chi connectivity index (χ0v) is 13.9. The third-order valence-corrected chi connectivity index (χ3v) is 3.94. The number of aliphatic imine (C=N–C) groups is 1. The van der Waals surface area contributed by atoms with Crippen LogP contribution in [0.3, 0.4) is 0 Å². The Labute approximate surface area is 136 Å². The van der Waals surface area contributed by atoms with Crippen molar-refractivity contribution in [3.63, 3.8) is 0 Å². The summed E-state index contributed by atoms with van der Waals surface area (Å²) in [6.07, 6.45) is 3.44. The summed E-state index contributed by atoms with van der Waals surface area (Å²) in [5.41, 5.74) is 1.54. The standard InChI is InChI=1S/C18H22N4O/c1-12(2)21(10-16-18(23)22(11-19-16)13(3)4)17-9-14-7-5-6-8-15(14)20-17/h5-13,20H,1-4H3/b16-10-. The van der Waals surface area contributed by atoms with Gasteiger partial charge in [-0.15, -0.1) is 0 Å². The molecule has 1 aromatic carbocycles. The predicted molar refractivity (Wildman–Crippen MR) is 94.5 cm³/mol. The van der Waals surface area contributed by atoms with Gasteiger partial charge in [0.15, 0.2) is 0 Å². The Kier molecular flexibility index (Phi) is 3.94. The van der Waals surface area contributed by atoms with E-state index in [-0.39, 0.29) is 18.0 Å². The average molecular weight is 310 g/mol. The number of rotatable bonds is 4. The monoisotopic (exact) mass is 310 g/mol. The van der Waals surface area contributed by atoms with E-state index in [1.54, 1.807) is 11.2 Å². The Morgan fingerprint density at radius 2 is 1.96 bits per heavy atom. The third kappa shape index (κ3) is 2.86. The molecule has 2 heterocycles. The van der Waals surface area contributed by atoms with Crippen molar-refractivity contribution in [2.45, 2.75) is 39.8 Å². The van der Waals surface area contributed by atoms with Crippen molar-refractivity contribution < 1.29 is 4.79 Å². The summed E-state index contributed by atoms with van der Waals surface area (Å²) in [5, 5.41) is 1.15. The Hall–Kier alpha value is -2.56. The van der Waals surface area contributed by atoms with Crippen molar-refractivity contribution in [2.24, 2.45) is 4.99 Å². The van der Waals surface area contributed by atoms with Crippen molar-refractivity contribution in [1.29, 1.82) is 0 Å². The van der Waals surface area contributed by atoms with E-state index in [4.69, 9.17) is 0 Å². The van der Waals surface area contributed by atoms with E-state index in [9.17, 15) is 4.79 Å². The molecule has 120 valence electrons. The van der Waals surface area contributed by atoms with E-state index in [0.717, 1.165) is 16.7 Å². The van der Waals surface area contributed by atoms with Crippen LogP contribution in [0.15, 0.2) is 47.2 Å². The van der Waals surface area contributed by atoms with Crippen LogP contribution in [0.1, 0.15) is 27.7 Å². The summed E-state index contributed by atoms with van der Waals surface area (Å²) >= 11 is 0.